The molecule has 26 heteroatoms. The number of ketones is 3. The van der Waals surface area contributed by atoms with Crippen molar-refractivity contribution >= 4 is 29.8 Å². The largest absolute Gasteiger partial charge is 0.447 e. The number of aliphatic hydroxyl groups excluding tert-OH is 1. The highest BCUT2D eigenvalue weighted by Gasteiger charge is 2.74. The molecule has 0 aromatic heterocycles. The van der Waals surface area contributed by atoms with Crippen molar-refractivity contribution < 1.29 is 126 Å². The number of hydrogen-bond acceptors (Lipinski definition) is 26. The molecule has 0 bridgehead atoms. The van der Waals surface area contributed by atoms with Crippen LogP contribution in [0.5, 0.6) is 0 Å². The first-order chi connectivity index (χ1) is 66.8. The van der Waals surface area contributed by atoms with Crippen LogP contribution in [0.2, 0.25) is 0 Å². The quantitative estimate of drug-likeness (QED) is 0.0151. The van der Waals surface area contributed by atoms with Gasteiger partial charge in [-0.1, -0.05) is 105 Å². The van der Waals surface area contributed by atoms with Crippen molar-refractivity contribution in [2.24, 2.45) is 46.8 Å². The first kappa shape index (κ1) is 131. The highest BCUT2D eigenvalue weighted by atomic mass is 16.6. The van der Waals surface area contributed by atoms with Gasteiger partial charge in [-0.2, -0.15) is 0 Å². The lowest BCUT2D eigenvalue weighted by Crippen LogP contribution is -2.76. The number of carbonyl (C=O) groups excluding carboxylic acids is 5. The minimum atomic E-state index is -1.70. The topological polar surface area (TPSA) is 345 Å². The third kappa shape index (κ3) is 27.0. The van der Waals surface area contributed by atoms with Crippen LogP contribution in [0.1, 0.15) is 325 Å². The molecule has 6 N–H and O–H groups in total. The van der Waals surface area contributed by atoms with Crippen LogP contribution >= 0.6 is 0 Å². The molecule has 142 heavy (non-hydrogen) atoms. The lowest BCUT2D eigenvalue weighted by Gasteiger charge is -2.62. The lowest BCUT2D eigenvalue weighted by molar-refractivity contribution is -0.296. The smallest absolute Gasteiger partial charge is 0.308 e. The maximum Gasteiger partial charge on any atom is 0.308 e. The fraction of sp³-hybridized carbons (Fsp3) is 0.767. The van der Waals surface area contributed by atoms with E-state index in [9.17, 15) is 54.6 Å². The van der Waals surface area contributed by atoms with Gasteiger partial charge in [-0.25, -0.2) is 0 Å². The number of ether oxygens (including phenoxy) is 15. The van der Waals surface area contributed by atoms with Crippen molar-refractivity contribution in [2.45, 2.75) is 440 Å². The Labute approximate surface area is 856 Å². The van der Waals surface area contributed by atoms with Gasteiger partial charge in [-0.3, -0.25) is 24.0 Å². The van der Waals surface area contributed by atoms with Crippen LogP contribution in [-0.4, -0.2) is 262 Å². The number of carbonyl (C=O) groups is 5. The van der Waals surface area contributed by atoms with Gasteiger partial charge in [0.05, 0.1) is 13.0 Å². The zero-order valence-electron chi connectivity index (χ0n) is 93.3. The summed E-state index contributed by atoms with van der Waals surface area (Å²) in [7, 11) is 0. The second kappa shape index (κ2) is 58.7. The van der Waals surface area contributed by atoms with E-state index in [2.05, 4.69) is 125 Å². The molecule has 0 spiro atoms. The highest BCUT2D eigenvalue weighted by molar-refractivity contribution is 5.95. The van der Waals surface area contributed by atoms with Gasteiger partial charge >= 0.3 is 5.97 Å². The van der Waals surface area contributed by atoms with E-state index >= 15 is 0 Å². The minimum Gasteiger partial charge on any atom is -0.447 e. The van der Waals surface area contributed by atoms with E-state index in [1.807, 2.05) is 151 Å². The van der Waals surface area contributed by atoms with Gasteiger partial charge in [0.1, 0.15) is 76.8 Å². The average Bonchev–Trinajstić information content (AvgIpc) is 0.685. The molecular formula is C116H186O26. The van der Waals surface area contributed by atoms with Gasteiger partial charge in [0.25, 0.3) is 6.47 Å². The molecule has 0 aromatic rings. The third-order valence-electron chi connectivity index (χ3n) is 30.1. The fourth-order valence-electron chi connectivity index (χ4n) is 22.8. The van der Waals surface area contributed by atoms with Crippen molar-refractivity contribution in [1.29, 1.82) is 0 Å². The Hall–Kier alpha value is -6.91. The molecule has 28 atom stereocenters. The maximum absolute atomic E-state index is 12.6. The second-order valence-corrected chi connectivity index (χ2v) is 39.2. The zero-order chi connectivity index (χ0) is 109. The molecule has 8 aliphatic rings. The molecule has 0 amide bonds. The number of esters is 1. The summed E-state index contributed by atoms with van der Waals surface area (Å²) >= 11 is 0. The standard InChI is InChI=1S/C20H32O5.C20H30O4.C19H30O4.C17H28O3.C16H26O4.C14H24O3.C10H16O3/c1-7-12-19(22)17(24-9-3)16(5)11-13-20(19,25-10-4)18(6,21)14-15-23-8-2;1-7-12-19-17(22-9-3)15(5)11-13-20(19,23-10-4)18(6,8-2)14-16(21)24-19;1-7-12-19(23-14-20)17(21-9-3)15(5)11-13-18(19,22-10-4)16(6)8-2;1-7-11-16(18)15(19-8-2)14(6)10-12-17(16,13(4)5)20-9-3;1-6-10-15(18)14(19-7-2)12(4)9-11-16(15,13(5)17)20-8-3;1-6-16-12-11(5)8-9-14(10(3)4,13(12)15)17-7-2;1-6(2)10(13)5-4-7(3)8(11)9(10)12/h16-17,21-22H,8-11,13H2,1-6H3;8,15,17H,2,9-11,13-14H2,1,3-6H3;8,14-15,17H,9-11,13H2,1-6H3;14-15,18H,4,8-10,12H2,1-3,5-6H3;12,14,18H,7-9,11H2,1-5H3;11-12H,3,6-9H2,1-2,4-5H3;7-8,11,13H,1,4-5H2,2-3H3/b;;16-8-;;;;/t;15?,17?,18-,19?,20-;15?,17?,18-,19?;;12?,14?,15?,16-;11?,12?,14-;/m.00.00./s1. The number of hydrogen-bond donors (Lipinski definition) is 6. The van der Waals surface area contributed by atoms with Gasteiger partial charge < -0.3 is 102 Å². The van der Waals surface area contributed by atoms with Gasteiger partial charge in [0.15, 0.2) is 51.0 Å². The third-order valence-corrected chi connectivity index (χ3v) is 30.1. The van der Waals surface area contributed by atoms with Crippen LogP contribution in [0.15, 0.2) is 60.8 Å². The average molecular weight is 2000 g/mol. The first-order valence-corrected chi connectivity index (χ1v) is 52.1. The Balaban J connectivity index is 0.000000564. The fourth-order valence-corrected chi connectivity index (χ4v) is 22.8. The summed E-state index contributed by atoms with van der Waals surface area (Å²) in [6.07, 6.45) is 13.1. The maximum atomic E-state index is 12.6. The van der Waals surface area contributed by atoms with E-state index in [4.69, 9.17) is 71.1 Å². The molecule has 1 heterocycles. The van der Waals surface area contributed by atoms with Gasteiger partial charge in [-0.05, 0) is 344 Å². The van der Waals surface area contributed by atoms with Crippen LogP contribution in [0.25, 0.3) is 0 Å². The summed E-state index contributed by atoms with van der Waals surface area (Å²) < 4.78 is 88.0. The number of allylic oxidation sites excluding steroid dienone is 1. The monoisotopic (exact) mass is 2000 g/mol. The lowest BCUT2D eigenvalue weighted by atomic mass is 9.53. The summed E-state index contributed by atoms with van der Waals surface area (Å²) in [5, 5.41) is 64.8. The molecule has 0 aromatic carbocycles. The van der Waals surface area contributed by atoms with Gasteiger partial charge in [0.2, 0.25) is 11.2 Å². The van der Waals surface area contributed by atoms with E-state index in [0.717, 1.165) is 68.1 Å². The van der Waals surface area contributed by atoms with E-state index in [0.29, 0.717) is 136 Å². The molecular weight excluding hydrogens is 1810 g/mol. The Bertz CT molecular complexity index is 4430. The summed E-state index contributed by atoms with van der Waals surface area (Å²) in [5.41, 5.74) is -13.5. The Morgan fingerprint density at radius 3 is 1.29 bits per heavy atom. The van der Waals surface area contributed by atoms with Crippen molar-refractivity contribution in [3.8, 4) is 71.2 Å². The van der Waals surface area contributed by atoms with Crippen LogP contribution in [0.3, 0.4) is 0 Å². The highest BCUT2D eigenvalue weighted by Crippen LogP contribution is 2.60. The number of aliphatic hydroxyl groups is 6. The Morgan fingerprint density at radius 1 is 0.458 bits per heavy atom. The summed E-state index contributed by atoms with van der Waals surface area (Å²) in [6, 6.07) is 0. The Morgan fingerprint density at radius 2 is 0.859 bits per heavy atom. The molecule has 7 aliphatic carbocycles. The van der Waals surface area contributed by atoms with Crippen molar-refractivity contribution in [3.63, 3.8) is 0 Å². The number of Topliss-reactive ketones (excluding diaryl/α,β-unsaturated/α-hetero) is 3. The van der Waals surface area contributed by atoms with Gasteiger partial charge in [-0.15, -0.1) is 36.2 Å². The second-order valence-electron chi connectivity index (χ2n) is 39.2. The normalized spacial score (nSPS) is 36.8. The molecule has 8 fully saturated rings. The predicted octanol–water partition coefficient (Wildman–Crippen LogP) is 17.4. The van der Waals surface area contributed by atoms with Crippen molar-refractivity contribution in [3.05, 3.63) is 60.8 Å². The van der Waals surface area contributed by atoms with Gasteiger partial charge in [0, 0.05) is 84.7 Å². The molecule has 1 saturated heterocycles. The molecule has 0 radical (unpaired) electrons. The van der Waals surface area contributed by atoms with Crippen molar-refractivity contribution in [1.82, 2.24) is 0 Å². The van der Waals surface area contributed by atoms with Crippen LogP contribution < -0.4 is 0 Å². The molecule has 23 unspecified atom stereocenters. The van der Waals surface area contributed by atoms with E-state index < -0.39 is 102 Å². The minimum absolute atomic E-state index is 0.0486. The molecule has 806 valence electrons. The predicted molar refractivity (Wildman–Crippen MR) is 557 cm³/mol. The number of rotatable bonds is 34. The molecule has 7 saturated carbocycles. The summed E-state index contributed by atoms with van der Waals surface area (Å²) in [4.78, 5) is 60.3. The Kier molecular flexibility index (Phi) is 54.2. The van der Waals surface area contributed by atoms with Crippen LogP contribution in [0.4, 0.5) is 0 Å². The SMILES string of the molecule is C=C(C)C1(O)CCC(C)C(O)C1=O.C=C(C)C1(OCC)CCC(C)C(OCC)C1(O)C#CC.C=C(C)[C@@]1(OCC)CCC(C)C(OCC)C1=O.C=C[C@@]1(C)CC(=O)OC2(C#CC)C(OCC)C(C)CC[C@@]21OCC.CC#CC1(O)C(OCC)C(C)CCC1(OCC)C(C)(O)C#COCC.CC#CC1(O)C(OCC)C(C)CC[C@]1(OCC)C(C)=O.CC#CC1(OC=O)C(OCC)C(C)CC[C@]1(OCC)/C(C)=C\C. The molecule has 8 rings (SSSR count). The number of fused-ring (bicyclic) bond motifs is 1. The van der Waals surface area contributed by atoms with Crippen LogP contribution in [0, 0.1) is 118 Å². The zero-order valence-corrected chi connectivity index (χ0v) is 93.3. The summed E-state index contributed by atoms with van der Waals surface area (Å²) in [5.74, 6) is 32.2. The van der Waals surface area contributed by atoms with E-state index in [-0.39, 0.29) is 89.8 Å². The van der Waals surface area contributed by atoms with E-state index in [1.54, 1.807) is 48.5 Å². The van der Waals surface area contributed by atoms with Crippen LogP contribution in [-0.2, 0) is 95.0 Å². The molecule has 1 aliphatic heterocycles. The first-order valence-electron chi connectivity index (χ1n) is 52.1. The van der Waals surface area contributed by atoms with E-state index in [1.165, 1.54) is 13.8 Å². The van der Waals surface area contributed by atoms with Crippen molar-refractivity contribution in [2.75, 3.05) is 85.9 Å². The molecule has 26 nitrogen and oxygen atoms in total. The summed E-state index contributed by atoms with van der Waals surface area (Å²) in [6.45, 7) is 84.1.